The minimum atomic E-state index is -0.297. The number of aromatic nitrogens is 1. The average molecular weight is 193 g/mol. The first-order valence-electron chi connectivity index (χ1n) is 4.91. The largest absolute Gasteiger partial charge is 0.368 e. The molecule has 0 aromatic carbocycles. The van der Waals surface area contributed by atoms with Gasteiger partial charge in [0.15, 0.2) is 0 Å². The zero-order valence-corrected chi connectivity index (χ0v) is 8.07. The van der Waals surface area contributed by atoms with Crippen LogP contribution in [0.15, 0.2) is 18.3 Å². The van der Waals surface area contributed by atoms with E-state index in [0.717, 1.165) is 12.2 Å². The van der Waals surface area contributed by atoms with Crippen LogP contribution in [0.1, 0.15) is 18.5 Å². The number of amides is 1. The van der Waals surface area contributed by atoms with Crippen molar-refractivity contribution in [3.05, 3.63) is 24.0 Å². The van der Waals surface area contributed by atoms with Crippen molar-refractivity contribution in [3.63, 3.8) is 0 Å². The van der Waals surface area contributed by atoms with Crippen molar-refractivity contribution in [3.8, 4) is 0 Å². The van der Waals surface area contributed by atoms with Gasteiger partial charge in [0.2, 0.25) is 5.91 Å². The Labute approximate surface area is 83.1 Å². The van der Waals surface area contributed by atoms with Crippen LogP contribution in [-0.4, -0.2) is 16.5 Å². The standard InChI is InChI=1S/C10H15N3O/c11-10(14)7-13-5-1-2-9(13)6-12-8-3-4-8/h1-2,5,8,12H,3-4,6-7H2,(H2,11,14). The summed E-state index contributed by atoms with van der Waals surface area (Å²) < 4.78 is 1.89. The van der Waals surface area contributed by atoms with Crippen LogP contribution in [0.2, 0.25) is 0 Å². The molecule has 2 rings (SSSR count). The van der Waals surface area contributed by atoms with Crippen molar-refractivity contribution in [2.45, 2.75) is 32.0 Å². The third kappa shape index (κ3) is 2.35. The Morgan fingerprint density at radius 2 is 2.43 bits per heavy atom. The molecule has 1 aliphatic rings. The lowest BCUT2D eigenvalue weighted by molar-refractivity contribution is -0.118. The fourth-order valence-electron chi connectivity index (χ4n) is 1.47. The van der Waals surface area contributed by atoms with Crippen molar-refractivity contribution < 1.29 is 4.79 Å². The zero-order chi connectivity index (χ0) is 9.97. The van der Waals surface area contributed by atoms with E-state index in [2.05, 4.69) is 5.32 Å². The first-order chi connectivity index (χ1) is 6.75. The lowest BCUT2D eigenvalue weighted by atomic mass is 10.4. The summed E-state index contributed by atoms with van der Waals surface area (Å²) in [5.41, 5.74) is 6.26. The Balaban J connectivity index is 1.93. The molecule has 4 heteroatoms. The number of nitrogens with zero attached hydrogens (tertiary/aromatic N) is 1. The molecule has 0 atom stereocenters. The highest BCUT2D eigenvalue weighted by atomic mass is 16.1. The van der Waals surface area contributed by atoms with Crippen LogP contribution in [0.5, 0.6) is 0 Å². The summed E-state index contributed by atoms with van der Waals surface area (Å²) in [5.74, 6) is -0.297. The van der Waals surface area contributed by atoms with Gasteiger partial charge in [0.05, 0.1) is 0 Å². The van der Waals surface area contributed by atoms with Crippen molar-refractivity contribution in [2.24, 2.45) is 5.73 Å². The minimum Gasteiger partial charge on any atom is -0.368 e. The molecule has 3 N–H and O–H groups in total. The van der Waals surface area contributed by atoms with E-state index in [1.807, 2.05) is 22.9 Å². The van der Waals surface area contributed by atoms with Gasteiger partial charge in [-0.2, -0.15) is 0 Å². The number of hydrogen-bond acceptors (Lipinski definition) is 2. The summed E-state index contributed by atoms with van der Waals surface area (Å²) in [6.07, 6.45) is 4.43. The Kier molecular flexibility index (Phi) is 2.54. The average Bonchev–Trinajstić information content (AvgIpc) is 2.85. The highest BCUT2D eigenvalue weighted by Crippen LogP contribution is 2.19. The summed E-state index contributed by atoms with van der Waals surface area (Å²) in [6.45, 7) is 1.10. The van der Waals surface area contributed by atoms with Crippen molar-refractivity contribution in [2.75, 3.05) is 0 Å². The molecule has 1 amide bonds. The maximum absolute atomic E-state index is 10.8. The first kappa shape index (κ1) is 9.27. The second-order valence-electron chi connectivity index (χ2n) is 3.75. The van der Waals surface area contributed by atoms with Crippen LogP contribution in [-0.2, 0) is 17.9 Å². The number of rotatable bonds is 5. The second kappa shape index (κ2) is 3.84. The van der Waals surface area contributed by atoms with Crippen LogP contribution in [0.3, 0.4) is 0 Å². The molecule has 0 spiro atoms. The fraction of sp³-hybridized carbons (Fsp3) is 0.500. The number of nitrogens with one attached hydrogen (secondary N) is 1. The lowest BCUT2D eigenvalue weighted by Crippen LogP contribution is -2.22. The summed E-state index contributed by atoms with van der Waals surface area (Å²) in [7, 11) is 0. The van der Waals surface area contributed by atoms with E-state index in [0.29, 0.717) is 6.04 Å². The summed E-state index contributed by atoms with van der Waals surface area (Å²) >= 11 is 0. The molecule has 1 aliphatic carbocycles. The topological polar surface area (TPSA) is 60.1 Å². The van der Waals surface area contributed by atoms with E-state index in [-0.39, 0.29) is 12.5 Å². The quantitative estimate of drug-likeness (QED) is 0.703. The molecule has 1 aromatic heterocycles. The van der Waals surface area contributed by atoms with Gasteiger partial charge >= 0.3 is 0 Å². The molecule has 0 aliphatic heterocycles. The van der Waals surface area contributed by atoms with Crippen LogP contribution in [0.25, 0.3) is 0 Å². The van der Waals surface area contributed by atoms with Gasteiger partial charge in [0.25, 0.3) is 0 Å². The Morgan fingerprint density at radius 1 is 1.64 bits per heavy atom. The SMILES string of the molecule is NC(=O)Cn1cccc1CNC1CC1. The summed E-state index contributed by atoms with van der Waals surface area (Å²) in [4.78, 5) is 10.8. The van der Waals surface area contributed by atoms with E-state index in [9.17, 15) is 4.79 Å². The molecular formula is C10H15N3O. The molecular weight excluding hydrogens is 178 g/mol. The van der Waals surface area contributed by atoms with E-state index in [4.69, 9.17) is 5.73 Å². The zero-order valence-electron chi connectivity index (χ0n) is 8.07. The molecule has 1 saturated carbocycles. The van der Waals surface area contributed by atoms with Crippen molar-refractivity contribution in [1.29, 1.82) is 0 Å². The minimum absolute atomic E-state index is 0.272. The van der Waals surface area contributed by atoms with Gasteiger partial charge in [-0.15, -0.1) is 0 Å². The van der Waals surface area contributed by atoms with Crippen molar-refractivity contribution in [1.82, 2.24) is 9.88 Å². The molecule has 0 unspecified atom stereocenters. The maximum atomic E-state index is 10.8. The van der Waals surface area contributed by atoms with Gasteiger partial charge < -0.3 is 15.6 Å². The summed E-state index contributed by atoms with van der Waals surface area (Å²) in [5, 5.41) is 3.40. The smallest absolute Gasteiger partial charge is 0.237 e. The van der Waals surface area contributed by atoms with Crippen LogP contribution < -0.4 is 11.1 Å². The van der Waals surface area contributed by atoms with Gasteiger partial charge in [-0.05, 0) is 25.0 Å². The number of primary amides is 1. The number of carbonyl (C=O) groups excluding carboxylic acids is 1. The first-order valence-corrected chi connectivity index (χ1v) is 4.91. The van der Waals surface area contributed by atoms with E-state index in [1.165, 1.54) is 12.8 Å². The molecule has 4 nitrogen and oxygen atoms in total. The molecule has 0 saturated heterocycles. The number of carbonyl (C=O) groups is 1. The maximum Gasteiger partial charge on any atom is 0.237 e. The predicted octanol–water partition coefficient (Wildman–Crippen LogP) is 0.225. The highest BCUT2D eigenvalue weighted by molar-refractivity contribution is 5.73. The van der Waals surface area contributed by atoms with Crippen LogP contribution in [0.4, 0.5) is 0 Å². The molecule has 1 heterocycles. The van der Waals surface area contributed by atoms with E-state index >= 15 is 0 Å². The van der Waals surface area contributed by atoms with Gasteiger partial charge in [-0.25, -0.2) is 0 Å². The normalized spacial score (nSPS) is 15.7. The number of nitrogens with two attached hydrogens (primary N) is 1. The van der Waals surface area contributed by atoms with E-state index < -0.39 is 0 Å². The lowest BCUT2D eigenvalue weighted by Gasteiger charge is -2.07. The number of hydrogen-bond donors (Lipinski definition) is 2. The second-order valence-corrected chi connectivity index (χ2v) is 3.75. The van der Waals surface area contributed by atoms with Gasteiger partial charge in [-0.3, -0.25) is 4.79 Å². The third-order valence-electron chi connectivity index (χ3n) is 2.40. The van der Waals surface area contributed by atoms with Crippen LogP contribution >= 0.6 is 0 Å². The third-order valence-corrected chi connectivity index (χ3v) is 2.40. The van der Waals surface area contributed by atoms with Gasteiger partial charge in [-0.1, -0.05) is 0 Å². The summed E-state index contributed by atoms with van der Waals surface area (Å²) in [6, 6.07) is 4.64. The molecule has 1 fully saturated rings. The van der Waals surface area contributed by atoms with Crippen LogP contribution in [0, 0.1) is 0 Å². The molecule has 1 aromatic rings. The molecule has 14 heavy (non-hydrogen) atoms. The Hall–Kier alpha value is -1.29. The molecule has 0 bridgehead atoms. The van der Waals surface area contributed by atoms with E-state index in [1.54, 1.807) is 0 Å². The Morgan fingerprint density at radius 3 is 3.07 bits per heavy atom. The van der Waals surface area contributed by atoms with Gasteiger partial charge in [0, 0.05) is 24.5 Å². The van der Waals surface area contributed by atoms with Crippen molar-refractivity contribution >= 4 is 5.91 Å². The fourth-order valence-corrected chi connectivity index (χ4v) is 1.47. The van der Waals surface area contributed by atoms with Gasteiger partial charge in [0.1, 0.15) is 6.54 Å². The highest BCUT2D eigenvalue weighted by Gasteiger charge is 2.20. The predicted molar refractivity (Wildman–Crippen MR) is 53.5 cm³/mol. The monoisotopic (exact) mass is 193 g/mol. The Bertz CT molecular complexity index is 328. The molecule has 76 valence electrons. The molecule has 0 radical (unpaired) electrons.